The fourth-order valence-electron chi connectivity index (χ4n) is 4.97. The van der Waals surface area contributed by atoms with Crippen LogP contribution in [0.1, 0.15) is 26.4 Å². The maximum Gasteiger partial charge on any atom is 0.347 e. The van der Waals surface area contributed by atoms with E-state index in [-0.39, 0.29) is 11.3 Å². The van der Waals surface area contributed by atoms with Crippen LogP contribution in [0.25, 0.3) is 32.8 Å². The van der Waals surface area contributed by atoms with E-state index in [9.17, 15) is 9.59 Å². The van der Waals surface area contributed by atoms with Gasteiger partial charge >= 0.3 is 5.97 Å². The Morgan fingerprint density at radius 1 is 0.886 bits per heavy atom. The molecule has 0 bridgehead atoms. The number of carbonyl (C=O) groups is 2. The van der Waals surface area contributed by atoms with Crippen LogP contribution in [0.5, 0.6) is 11.5 Å². The van der Waals surface area contributed by atoms with E-state index in [2.05, 4.69) is 31.4 Å². The zero-order chi connectivity index (χ0) is 30.8. The molecule has 6 aromatic rings. The Kier molecular flexibility index (Phi) is 8.39. The van der Waals surface area contributed by atoms with Crippen molar-refractivity contribution in [1.82, 2.24) is 10.4 Å². The van der Waals surface area contributed by atoms with Crippen molar-refractivity contribution in [2.24, 2.45) is 5.10 Å². The Labute approximate surface area is 270 Å². The molecule has 2 N–H and O–H groups in total. The highest BCUT2D eigenvalue weighted by Crippen LogP contribution is 2.39. The summed E-state index contributed by atoms with van der Waals surface area (Å²) in [4.78, 5) is 30.0. The number of ether oxygens (including phenoxy) is 2. The van der Waals surface area contributed by atoms with Gasteiger partial charge in [0.05, 0.1) is 18.8 Å². The molecule has 0 unspecified atom stereocenters. The summed E-state index contributed by atoms with van der Waals surface area (Å²) in [6.45, 7) is 0. The zero-order valence-electron chi connectivity index (χ0n) is 23.0. The third kappa shape index (κ3) is 5.79. The third-order valence-electron chi connectivity index (χ3n) is 6.99. The van der Waals surface area contributed by atoms with Gasteiger partial charge in [0.2, 0.25) is 0 Å². The van der Waals surface area contributed by atoms with Crippen molar-refractivity contribution >= 4 is 78.9 Å². The maximum atomic E-state index is 13.6. The minimum Gasteiger partial charge on any atom is -0.496 e. The second-order valence-electron chi connectivity index (χ2n) is 9.68. The maximum absolute atomic E-state index is 13.6. The molecule has 0 saturated heterocycles. The number of methoxy groups -OCH3 is 1. The Morgan fingerprint density at radius 2 is 1.66 bits per heavy atom. The van der Waals surface area contributed by atoms with E-state index in [1.807, 2.05) is 54.6 Å². The van der Waals surface area contributed by atoms with Gasteiger partial charge in [-0.2, -0.15) is 5.10 Å². The van der Waals surface area contributed by atoms with Crippen molar-refractivity contribution in [2.75, 3.05) is 7.11 Å². The number of carbonyl (C=O) groups excluding carboxylic acids is 2. The molecular formula is C34H22BrCl2N3O4. The predicted octanol–water partition coefficient (Wildman–Crippen LogP) is 9.05. The minimum atomic E-state index is -0.667. The number of halogens is 3. The van der Waals surface area contributed by atoms with E-state index < -0.39 is 11.9 Å². The molecule has 0 atom stereocenters. The van der Waals surface area contributed by atoms with E-state index >= 15 is 0 Å². The molecule has 0 radical (unpaired) electrons. The van der Waals surface area contributed by atoms with E-state index in [4.69, 9.17) is 32.7 Å². The van der Waals surface area contributed by atoms with Crippen LogP contribution in [-0.2, 0) is 0 Å². The Bertz CT molecular complexity index is 2110. The molecule has 1 amide bonds. The lowest BCUT2D eigenvalue weighted by Crippen LogP contribution is -2.19. The number of fused-ring (bicyclic) bond motifs is 3. The molecule has 10 heteroatoms. The summed E-state index contributed by atoms with van der Waals surface area (Å²) in [6, 6.07) is 29.0. The van der Waals surface area contributed by atoms with Crippen LogP contribution in [0.4, 0.5) is 0 Å². The van der Waals surface area contributed by atoms with Gasteiger partial charge in [0.1, 0.15) is 22.8 Å². The van der Waals surface area contributed by atoms with Crippen molar-refractivity contribution in [1.29, 1.82) is 0 Å². The number of aromatic amines is 1. The number of benzene rings is 5. The first-order valence-electron chi connectivity index (χ1n) is 13.3. The number of hydrogen-bond donors (Lipinski definition) is 2. The van der Waals surface area contributed by atoms with Crippen LogP contribution in [0, 0.1) is 0 Å². The average Bonchev–Trinajstić information content (AvgIpc) is 3.42. The summed E-state index contributed by atoms with van der Waals surface area (Å²) in [5.74, 6) is -0.611. The highest BCUT2D eigenvalue weighted by Gasteiger charge is 2.22. The van der Waals surface area contributed by atoms with Gasteiger partial charge in [-0.25, -0.2) is 10.2 Å². The van der Waals surface area contributed by atoms with Gasteiger partial charge in [-0.15, -0.1) is 0 Å². The van der Waals surface area contributed by atoms with Crippen LogP contribution < -0.4 is 14.9 Å². The summed E-state index contributed by atoms with van der Waals surface area (Å²) < 4.78 is 11.7. The predicted molar refractivity (Wildman–Crippen MR) is 178 cm³/mol. The van der Waals surface area contributed by atoms with E-state index in [1.165, 1.54) is 19.4 Å². The smallest absolute Gasteiger partial charge is 0.347 e. The standard InChI is InChI=1S/C34H22BrCl2N3O4/c1-43-29-15-12-22(36)17-26(29)34(42)44-28-14-11-21(35)16-20(28)18-38-40-33(41)32-30(24-8-4-5-9-27(24)37)25-13-10-19-6-2-3-7-23(19)31(25)39-32/h2-18,39H,1H3,(H,40,41). The van der Waals surface area contributed by atoms with Crippen molar-refractivity contribution in [2.45, 2.75) is 0 Å². The van der Waals surface area contributed by atoms with Gasteiger partial charge in [0.25, 0.3) is 5.91 Å². The molecule has 1 heterocycles. The highest BCUT2D eigenvalue weighted by molar-refractivity contribution is 9.10. The van der Waals surface area contributed by atoms with Crippen LogP contribution in [0.2, 0.25) is 10.0 Å². The Morgan fingerprint density at radius 3 is 2.48 bits per heavy atom. The molecule has 0 aliphatic rings. The van der Waals surface area contributed by atoms with Crippen LogP contribution in [0.15, 0.2) is 107 Å². The normalized spacial score (nSPS) is 11.3. The highest BCUT2D eigenvalue weighted by atomic mass is 79.9. The second kappa shape index (κ2) is 12.5. The first-order chi connectivity index (χ1) is 21.3. The first-order valence-corrected chi connectivity index (χ1v) is 14.9. The lowest BCUT2D eigenvalue weighted by atomic mass is 9.99. The van der Waals surface area contributed by atoms with Gasteiger partial charge in [0.15, 0.2) is 0 Å². The van der Waals surface area contributed by atoms with Gasteiger partial charge in [-0.1, -0.05) is 93.7 Å². The van der Waals surface area contributed by atoms with Gasteiger partial charge in [-0.05, 0) is 47.9 Å². The fourth-order valence-corrected chi connectivity index (χ4v) is 5.76. The summed E-state index contributed by atoms with van der Waals surface area (Å²) in [5, 5.41) is 7.92. The largest absolute Gasteiger partial charge is 0.496 e. The quantitative estimate of drug-likeness (QED) is 0.0759. The van der Waals surface area contributed by atoms with Crippen molar-refractivity contribution < 1.29 is 19.1 Å². The zero-order valence-corrected chi connectivity index (χ0v) is 26.1. The van der Waals surface area contributed by atoms with Crippen LogP contribution in [-0.4, -0.2) is 30.2 Å². The fraction of sp³-hybridized carbons (Fsp3) is 0.0294. The molecule has 0 saturated carbocycles. The summed E-state index contributed by atoms with van der Waals surface area (Å²) in [7, 11) is 1.45. The number of aromatic nitrogens is 1. The molecule has 0 spiro atoms. The monoisotopic (exact) mass is 685 g/mol. The molecule has 0 fully saturated rings. The molecule has 0 aliphatic carbocycles. The third-order valence-corrected chi connectivity index (χ3v) is 8.05. The van der Waals surface area contributed by atoms with Gasteiger partial charge in [0, 0.05) is 42.0 Å². The molecule has 7 nitrogen and oxygen atoms in total. The molecule has 6 rings (SSSR count). The first kappa shape index (κ1) is 29.4. The molecule has 0 aliphatic heterocycles. The number of hydrazone groups is 1. The number of hydrogen-bond acceptors (Lipinski definition) is 5. The average molecular weight is 687 g/mol. The molecular weight excluding hydrogens is 665 g/mol. The van der Waals surface area contributed by atoms with Crippen molar-refractivity contribution in [3.05, 3.63) is 128 Å². The summed E-state index contributed by atoms with van der Waals surface area (Å²) >= 11 is 16.1. The van der Waals surface area contributed by atoms with Crippen LogP contribution >= 0.6 is 39.1 Å². The molecule has 5 aromatic carbocycles. The van der Waals surface area contributed by atoms with E-state index in [0.717, 1.165) is 21.7 Å². The Hall–Kier alpha value is -4.63. The Balaban J connectivity index is 1.33. The second-order valence-corrected chi connectivity index (χ2v) is 11.4. The molecule has 218 valence electrons. The molecule has 44 heavy (non-hydrogen) atoms. The van der Waals surface area contributed by atoms with E-state index in [0.29, 0.717) is 42.7 Å². The van der Waals surface area contributed by atoms with Gasteiger partial charge in [-0.3, -0.25) is 4.79 Å². The molecule has 1 aromatic heterocycles. The van der Waals surface area contributed by atoms with Gasteiger partial charge < -0.3 is 14.5 Å². The van der Waals surface area contributed by atoms with Crippen molar-refractivity contribution in [3.8, 4) is 22.6 Å². The van der Waals surface area contributed by atoms with Crippen LogP contribution in [0.3, 0.4) is 0 Å². The van der Waals surface area contributed by atoms with Crippen molar-refractivity contribution in [3.63, 3.8) is 0 Å². The topological polar surface area (TPSA) is 92.8 Å². The summed E-state index contributed by atoms with van der Waals surface area (Å²) in [6.07, 6.45) is 1.40. The number of amides is 1. The SMILES string of the molecule is COc1ccc(Cl)cc1C(=O)Oc1ccc(Br)cc1C=NNC(=O)c1[nH]c2c(ccc3ccccc32)c1-c1ccccc1Cl. The lowest BCUT2D eigenvalue weighted by molar-refractivity contribution is 0.0730. The number of H-pyrrole nitrogens is 1. The summed E-state index contributed by atoms with van der Waals surface area (Å²) in [5.41, 5.74) is 5.69. The number of rotatable bonds is 7. The minimum absolute atomic E-state index is 0.164. The number of nitrogens with one attached hydrogen (secondary N) is 2. The number of esters is 1. The lowest BCUT2D eigenvalue weighted by Gasteiger charge is -2.11. The van der Waals surface area contributed by atoms with E-state index in [1.54, 1.807) is 36.4 Å². The number of nitrogens with zero attached hydrogens (tertiary/aromatic N) is 1.